The number of anilines is 3. The van der Waals surface area contributed by atoms with Gasteiger partial charge in [0.2, 0.25) is 5.95 Å². The molecule has 0 radical (unpaired) electrons. The molecule has 1 unspecified atom stereocenters. The normalized spacial score (nSPS) is 15.1. The van der Waals surface area contributed by atoms with Crippen molar-refractivity contribution in [3.8, 4) is 16.9 Å². The molecule has 5 rings (SSSR count). The summed E-state index contributed by atoms with van der Waals surface area (Å²) < 4.78 is 5.41. The van der Waals surface area contributed by atoms with E-state index in [0.29, 0.717) is 12.1 Å². The Kier molecular flexibility index (Phi) is 6.30. The lowest BCUT2D eigenvalue weighted by Gasteiger charge is -2.27. The van der Waals surface area contributed by atoms with Crippen molar-refractivity contribution in [3.05, 3.63) is 96.3 Å². The summed E-state index contributed by atoms with van der Waals surface area (Å²) in [5.41, 5.74) is 10.8. The van der Waals surface area contributed by atoms with E-state index in [-0.39, 0.29) is 17.9 Å². The van der Waals surface area contributed by atoms with Crippen molar-refractivity contribution < 1.29 is 9.53 Å². The number of nitrogens with one attached hydrogen (secondary N) is 1. The Balaban J connectivity index is 1.50. The largest absolute Gasteiger partial charge is 0.497 e. The Morgan fingerprint density at radius 3 is 2.69 bits per heavy atom. The van der Waals surface area contributed by atoms with E-state index in [0.717, 1.165) is 46.8 Å². The molecule has 35 heavy (non-hydrogen) atoms. The minimum absolute atomic E-state index is 0.0414. The minimum Gasteiger partial charge on any atom is -0.497 e. The van der Waals surface area contributed by atoms with E-state index in [1.807, 2.05) is 83.8 Å². The molecule has 1 fully saturated rings. The van der Waals surface area contributed by atoms with Gasteiger partial charge in [-0.3, -0.25) is 4.79 Å². The monoisotopic (exact) mass is 465 g/mol. The molecule has 0 saturated carbocycles. The summed E-state index contributed by atoms with van der Waals surface area (Å²) in [5, 5.41) is 3.38. The van der Waals surface area contributed by atoms with Gasteiger partial charge < -0.3 is 20.7 Å². The zero-order valence-corrected chi connectivity index (χ0v) is 19.5. The Morgan fingerprint density at radius 2 is 1.86 bits per heavy atom. The van der Waals surface area contributed by atoms with Crippen LogP contribution in [0.2, 0.25) is 0 Å². The zero-order chi connectivity index (χ0) is 24.2. The quantitative estimate of drug-likeness (QED) is 0.393. The maximum atomic E-state index is 13.9. The summed E-state index contributed by atoms with van der Waals surface area (Å²) in [6, 6.07) is 25.0. The second-order valence-corrected chi connectivity index (χ2v) is 8.45. The molecule has 3 N–H and O–H groups in total. The van der Waals surface area contributed by atoms with E-state index in [1.165, 1.54) is 0 Å². The number of carbonyl (C=O) groups is 1. The average molecular weight is 466 g/mol. The van der Waals surface area contributed by atoms with Gasteiger partial charge in [-0.05, 0) is 54.8 Å². The van der Waals surface area contributed by atoms with Gasteiger partial charge in [-0.2, -0.15) is 0 Å². The van der Waals surface area contributed by atoms with Gasteiger partial charge in [-0.25, -0.2) is 9.97 Å². The summed E-state index contributed by atoms with van der Waals surface area (Å²) in [6.45, 7) is 0.643. The fourth-order valence-electron chi connectivity index (χ4n) is 4.58. The van der Waals surface area contributed by atoms with Crippen molar-refractivity contribution in [2.45, 2.75) is 18.9 Å². The van der Waals surface area contributed by atoms with Gasteiger partial charge in [0, 0.05) is 24.0 Å². The predicted molar refractivity (Wildman–Crippen MR) is 138 cm³/mol. The Hall–Kier alpha value is -4.39. The lowest BCUT2D eigenvalue weighted by atomic mass is 9.99. The molecule has 1 aromatic heterocycles. The molecule has 2 heterocycles. The maximum Gasteiger partial charge on any atom is 0.256 e. The zero-order valence-electron chi connectivity index (χ0n) is 19.5. The number of ether oxygens (including phenoxy) is 1. The average Bonchev–Trinajstić information content (AvgIpc) is 3.39. The second kappa shape index (κ2) is 9.85. The fourth-order valence-corrected chi connectivity index (χ4v) is 4.58. The molecule has 7 heteroatoms. The van der Waals surface area contributed by atoms with Gasteiger partial charge >= 0.3 is 0 Å². The summed E-state index contributed by atoms with van der Waals surface area (Å²) in [4.78, 5) is 24.6. The highest BCUT2D eigenvalue weighted by Gasteiger charge is 2.34. The molecule has 0 bridgehead atoms. The predicted octanol–water partition coefficient (Wildman–Crippen LogP) is 5.46. The van der Waals surface area contributed by atoms with Crippen LogP contribution in [0.4, 0.5) is 17.3 Å². The topological polar surface area (TPSA) is 93.4 Å². The minimum atomic E-state index is -0.209. The van der Waals surface area contributed by atoms with Crippen LogP contribution in [0.15, 0.2) is 85.1 Å². The van der Waals surface area contributed by atoms with Crippen molar-refractivity contribution in [2.24, 2.45) is 0 Å². The van der Waals surface area contributed by atoms with Crippen LogP contribution in [-0.4, -0.2) is 34.4 Å². The number of nitrogen functional groups attached to an aromatic ring is 1. The van der Waals surface area contributed by atoms with Crippen LogP contribution in [0, 0.1) is 0 Å². The lowest BCUT2D eigenvalue weighted by molar-refractivity contribution is 0.0734. The molecule has 4 aromatic rings. The second-order valence-electron chi connectivity index (χ2n) is 8.45. The number of nitrogens with two attached hydrogens (primary N) is 1. The van der Waals surface area contributed by atoms with E-state index < -0.39 is 0 Å². The van der Waals surface area contributed by atoms with Gasteiger partial charge in [0.1, 0.15) is 5.75 Å². The van der Waals surface area contributed by atoms with Gasteiger partial charge in [-0.15, -0.1) is 0 Å². The number of carbonyl (C=O) groups excluding carboxylic acids is 1. The van der Waals surface area contributed by atoms with E-state index in [9.17, 15) is 4.79 Å². The first-order chi connectivity index (χ1) is 17.1. The number of hydrogen-bond donors (Lipinski definition) is 2. The van der Waals surface area contributed by atoms with Crippen LogP contribution in [-0.2, 0) is 0 Å². The first kappa shape index (κ1) is 22.4. The van der Waals surface area contributed by atoms with Crippen molar-refractivity contribution in [1.82, 2.24) is 14.9 Å². The third-order valence-corrected chi connectivity index (χ3v) is 6.26. The molecule has 1 aliphatic rings. The number of amides is 1. The molecule has 1 aliphatic heterocycles. The van der Waals surface area contributed by atoms with Gasteiger partial charge in [0.15, 0.2) is 0 Å². The van der Waals surface area contributed by atoms with Crippen LogP contribution in [0.1, 0.15) is 34.9 Å². The van der Waals surface area contributed by atoms with E-state index >= 15 is 0 Å². The first-order valence-corrected chi connectivity index (χ1v) is 11.6. The van der Waals surface area contributed by atoms with Crippen molar-refractivity contribution in [1.29, 1.82) is 0 Å². The van der Waals surface area contributed by atoms with Crippen LogP contribution in [0.5, 0.6) is 5.75 Å². The molecule has 0 aliphatic carbocycles. The molecular weight excluding hydrogens is 438 g/mol. The smallest absolute Gasteiger partial charge is 0.256 e. The Morgan fingerprint density at radius 1 is 1.06 bits per heavy atom. The Labute approximate surface area is 204 Å². The molecule has 176 valence electrons. The molecule has 1 atom stereocenters. The first-order valence-electron chi connectivity index (χ1n) is 11.6. The van der Waals surface area contributed by atoms with Crippen molar-refractivity contribution >= 4 is 23.2 Å². The highest BCUT2D eigenvalue weighted by molar-refractivity contribution is 6.00. The van der Waals surface area contributed by atoms with E-state index in [1.54, 1.807) is 13.3 Å². The number of para-hydroxylation sites is 2. The number of nitrogens with zero attached hydrogens (tertiary/aromatic N) is 3. The van der Waals surface area contributed by atoms with Crippen LogP contribution in [0.25, 0.3) is 11.1 Å². The molecule has 7 nitrogen and oxygen atoms in total. The van der Waals surface area contributed by atoms with Crippen molar-refractivity contribution in [2.75, 3.05) is 24.7 Å². The molecule has 1 saturated heterocycles. The number of hydrogen-bond acceptors (Lipinski definition) is 6. The van der Waals surface area contributed by atoms with Crippen LogP contribution in [0.3, 0.4) is 0 Å². The number of likely N-dealkylation sites (tertiary alicyclic amines) is 1. The third kappa shape index (κ3) is 4.66. The molecule has 1 amide bonds. The standard InChI is InChI=1S/C28H27N5O2/c1-35-21-12-7-9-19(17-21)23-18-30-28(29)32-26(23)25-15-8-16-33(25)27(34)22-13-5-6-14-24(22)31-20-10-3-2-4-11-20/h2-7,9-14,17-18,25,31H,8,15-16H2,1H3,(H2,29,30,32). The number of rotatable bonds is 6. The summed E-state index contributed by atoms with van der Waals surface area (Å²) >= 11 is 0. The number of benzene rings is 3. The Bertz CT molecular complexity index is 1340. The SMILES string of the molecule is COc1cccc(-c2cnc(N)nc2C2CCCN2C(=O)c2ccccc2Nc2ccccc2)c1. The van der Waals surface area contributed by atoms with E-state index in [2.05, 4.69) is 15.3 Å². The van der Waals surface area contributed by atoms with Gasteiger partial charge in [0.25, 0.3) is 5.91 Å². The van der Waals surface area contributed by atoms with Crippen LogP contribution >= 0.6 is 0 Å². The summed E-state index contributed by atoms with van der Waals surface area (Å²) in [7, 11) is 1.64. The molecule has 3 aromatic carbocycles. The highest BCUT2D eigenvalue weighted by Crippen LogP contribution is 2.39. The summed E-state index contributed by atoms with van der Waals surface area (Å²) in [6.07, 6.45) is 3.41. The van der Waals surface area contributed by atoms with Gasteiger partial charge in [-0.1, -0.05) is 42.5 Å². The number of aromatic nitrogens is 2. The van der Waals surface area contributed by atoms with Crippen molar-refractivity contribution in [3.63, 3.8) is 0 Å². The molecule has 0 spiro atoms. The van der Waals surface area contributed by atoms with E-state index in [4.69, 9.17) is 10.5 Å². The molecular formula is C28H27N5O2. The maximum absolute atomic E-state index is 13.9. The third-order valence-electron chi connectivity index (χ3n) is 6.26. The number of methoxy groups -OCH3 is 1. The summed E-state index contributed by atoms with van der Waals surface area (Å²) in [5.74, 6) is 0.892. The lowest BCUT2D eigenvalue weighted by Crippen LogP contribution is -2.32. The fraction of sp³-hybridized carbons (Fsp3) is 0.179. The van der Waals surface area contributed by atoms with Gasteiger partial charge in [0.05, 0.1) is 30.1 Å². The van der Waals surface area contributed by atoms with Crippen LogP contribution < -0.4 is 15.8 Å². The highest BCUT2D eigenvalue weighted by atomic mass is 16.5.